The summed E-state index contributed by atoms with van der Waals surface area (Å²) in [6, 6.07) is 8.26. The van der Waals surface area contributed by atoms with Gasteiger partial charge in [-0.25, -0.2) is 9.59 Å². The van der Waals surface area contributed by atoms with Crippen molar-refractivity contribution in [3.05, 3.63) is 48.0 Å². The number of hydrogen-bond acceptors (Lipinski definition) is 4. The largest absolute Gasteiger partial charge is 0.462 e. The molecule has 0 spiro atoms. The zero-order valence-corrected chi connectivity index (χ0v) is 13.5. The van der Waals surface area contributed by atoms with Crippen LogP contribution in [0.3, 0.4) is 0 Å². The van der Waals surface area contributed by atoms with E-state index >= 15 is 0 Å². The van der Waals surface area contributed by atoms with Crippen molar-refractivity contribution in [1.29, 1.82) is 0 Å². The summed E-state index contributed by atoms with van der Waals surface area (Å²) in [4.78, 5) is 23.3. The number of ether oxygens (including phenoxy) is 2. The third-order valence-corrected chi connectivity index (χ3v) is 3.55. The normalized spacial score (nSPS) is 13.7. The number of alkyl halides is 3. The molecule has 0 aliphatic rings. The molecule has 1 unspecified atom stereocenters. The van der Waals surface area contributed by atoms with Gasteiger partial charge in [0.1, 0.15) is 11.2 Å². The second-order valence-electron chi connectivity index (χ2n) is 5.42. The molecule has 0 saturated heterocycles. The SMILES string of the molecule is C=C(C(=O)OC(C)(CC)CCOC(=O)c1ccccc1)C(F)(F)F. The van der Waals surface area contributed by atoms with Gasteiger partial charge >= 0.3 is 18.1 Å². The second kappa shape index (κ2) is 7.99. The predicted octanol–water partition coefficient (Wildman–Crippen LogP) is 4.06. The maximum absolute atomic E-state index is 12.5. The third-order valence-electron chi connectivity index (χ3n) is 3.55. The van der Waals surface area contributed by atoms with Gasteiger partial charge in [0.15, 0.2) is 0 Å². The molecular weight excluding hydrogens is 325 g/mol. The first-order chi connectivity index (χ1) is 11.1. The monoisotopic (exact) mass is 344 g/mol. The first-order valence-corrected chi connectivity index (χ1v) is 7.30. The van der Waals surface area contributed by atoms with Crippen LogP contribution in [0.15, 0.2) is 42.5 Å². The van der Waals surface area contributed by atoms with Gasteiger partial charge in [-0.15, -0.1) is 0 Å². The second-order valence-corrected chi connectivity index (χ2v) is 5.42. The maximum Gasteiger partial charge on any atom is 0.422 e. The lowest BCUT2D eigenvalue weighted by molar-refractivity contribution is -0.165. The molecule has 1 atom stereocenters. The van der Waals surface area contributed by atoms with Crippen LogP contribution in [0, 0.1) is 0 Å². The molecule has 0 fully saturated rings. The van der Waals surface area contributed by atoms with Crippen molar-refractivity contribution in [3.8, 4) is 0 Å². The van der Waals surface area contributed by atoms with Gasteiger partial charge in [0.2, 0.25) is 0 Å². The average molecular weight is 344 g/mol. The van der Waals surface area contributed by atoms with E-state index in [0.717, 1.165) is 0 Å². The Kier molecular flexibility index (Phi) is 6.57. The highest BCUT2D eigenvalue weighted by atomic mass is 19.4. The van der Waals surface area contributed by atoms with Crippen LogP contribution in [0.25, 0.3) is 0 Å². The van der Waals surface area contributed by atoms with Crippen molar-refractivity contribution in [3.63, 3.8) is 0 Å². The summed E-state index contributed by atoms with van der Waals surface area (Å²) in [7, 11) is 0. The Morgan fingerprint density at radius 2 is 1.75 bits per heavy atom. The van der Waals surface area contributed by atoms with Crippen LogP contribution in [-0.2, 0) is 14.3 Å². The summed E-state index contributed by atoms with van der Waals surface area (Å²) in [5, 5.41) is 0. The van der Waals surface area contributed by atoms with Gasteiger partial charge in [0.25, 0.3) is 0 Å². The Bertz CT molecular complexity index is 596. The Balaban J connectivity index is 2.58. The quantitative estimate of drug-likeness (QED) is 0.553. The minimum absolute atomic E-state index is 0.0684. The number of benzene rings is 1. The summed E-state index contributed by atoms with van der Waals surface area (Å²) < 4.78 is 47.3. The fourth-order valence-corrected chi connectivity index (χ4v) is 1.72. The predicted molar refractivity (Wildman–Crippen MR) is 81.3 cm³/mol. The van der Waals surface area contributed by atoms with Crippen molar-refractivity contribution in [2.45, 2.75) is 38.5 Å². The van der Waals surface area contributed by atoms with E-state index < -0.39 is 29.3 Å². The fraction of sp³-hybridized carbons (Fsp3) is 0.412. The van der Waals surface area contributed by atoms with Crippen molar-refractivity contribution in [1.82, 2.24) is 0 Å². The van der Waals surface area contributed by atoms with Gasteiger partial charge < -0.3 is 9.47 Å². The van der Waals surface area contributed by atoms with E-state index in [9.17, 15) is 22.8 Å². The van der Waals surface area contributed by atoms with E-state index in [1.807, 2.05) is 0 Å². The molecule has 4 nitrogen and oxygen atoms in total. The van der Waals surface area contributed by atoms with E-state index in [0.29, 0.717) is 5.56 Å². The van der Waals surface area contributed by atoms with Gasteiger partial charge in [0, 0.05) is 6.42 Å². The Labute approximate surface area is 138 Å². The molecule has 0 aromatic heterocycles. The van der Waals surface area contributed by atoms with Crippen LogP contribution < -0.4 is 0 Å². The van der Waals surface area contributed by atoms with E-state index in [1.54, 1.807) is 37.3 Å². The van der Waals surface area contributed by atoms with Crippen LogP contribution in [0.2, 0.25) is 0 Å². The molecule has 1 aromatic carbocycles. The summed E-state index contributed by atoms with van der Waals surface area (Å²) in [5.41, 5.74) is -2.40. The van der Waals surface area contributed by atoms with E-state index in [4.69, 9.17) is 9.47 Å². The number of esters is 2. The zero-order chi connectivity index (χ0) is 18.4. The van der Waals surface area contributed by atoms with Crippen molar-refractivity contribution >= 4 is 11.9 Å². The Hall–Kier alpha value is -2.31. The topological polar surface area (TPSA) is 52.6 Å². The highest BCUT2D eigenvalue weighted by Crippen LogP contribution is 2.28. The number of hydrogen-bond donors (Lipinski definition) is 0. The Morgan fingerprint density at radius 1 is 1.17 bits per heavy atom. The first kappa shape index (κ1) is 19.7. The van der Waals surface area contributed by atoms with E-state index in [1.165, 1.54) is 6.92 Å². The smallest absolute Gasteiger partial charge is 0.422 e. The zero-order valence-electron chi connectivity index (χ0n) is 13.5. The van der Waals surface area contributed by atoms with E-state index in [-0.39, 0.29) is 19.4 Å². The molecule has 0 aliphatic carbocycles. The third kappa shape index (κ3) is 5.72. The number of carbonyl (C=O) groups is 2. The highest BCUT2D eigenvalue weighted by Gasteiger charge is 2.40. The lowest BCUT2D eigenvalue weighted by atomic mass is 9.99. The van der Waals surface area contributed by atoms with E-state index in [2.05, 4.69) is 6.58 Å². The summed E-state index contributed by atoms with van der Waals surface area (Å²) >= 11 is 0. The average Bonchev–Trinajstić information content (AvgIpc) is 2.53. The maximum atomic E-state index is 12.5. The number of rotatable bonds is 7. The molecule has 0 heterocycles. The van der Waals surface area contributed by atoms with Gasteiger partial charge in [0.05, 0.1) is 12.2 Å². The minimum atomic E-state index is -4.84. The van der Waals surface area contributed by atoms with Gasteiger partial charge in [-0.1, -0.05) is 31.7 Å². The molecule has 0 N–H and O–H groups in total. The highest BCUT2D eigenvalue weighted by molar-refractivity contribution is 5.89. The molecule has 0 radical (unpaired) electrons. The van der Waals surface area contributed by atoms with Crippen molar-refractivity contribution < 1.29 is 32.2 Å². The van der Waals surface area contributed by atoms with Crippen molar-refractivity contribution in [2.24, 2.45) is 0 Å². The van der Waals surface area contributed by atoms with Crippen molar-refractivity contribution in [2.75, 3.05) is 6.61 Å². The Morgan fingerprint density at radius 3 is 2.25 bits per heavy atom. The first-order valence-electron chi connectivity index (χ1n) is 7.30. The van der Waals surface area contributed by atoms with Crippen LogP contribution in [0.1, 0.15) is 37.0 Å². The number of carbonyl (C=O) groups excluding carboxylic acids is 2. The molecule has 7 heteroatoms. The molecule has 0 bridgehead atoms. The van der Waals surface area contributed by atoms with Crippen LogP contribution in [0.5, 0.6) is 0 Å². The molecule has 1 rings (SSSR count). The molecule has 1 aromatic rings. The lowest BCUT2D eigenvalue weighted by Crippen LogP contribution is -2.35. The molecule has 0 amide bonds. The van der Waals surface area contributed by atoms with Crippen LogP contribution in [0.4, 0.5) is 13.2 Å². The lowest BCUT2D eigenvalue weighted by Gasteiger charge is -2.28. The molecule has 132 valence electrons. The van der Waals surface area contributed by atoms with Gasteiger partial charge in [-0.2, -0.15) is 13.2 Å². The summed E-state index contributed by atoms with van der Waals surface area (Å²) in [6.07, 6.45) is -4.52. The van der Waals surface area contributed by atoms with Crippen LogP contribution >= 0.6 is 0 Å². The van der Waals surface area contributed by atoms with Gasteiger partial charge in [-0.3, -0.25) is 0 Å². The minimum Gasteiger partial charge on any atom is -0.462 e. The molecular formula is C17H19F3O4. The van der Waals surface area contributed by atoms with Gasteiger partial charge in [-0.05, 0) is 25.5 Å². The fourth-order valence-electron chi connectivity index (χ4n) is 1.72. The summed E-state index contributed by atoms with van der Waals surface area (Å²) in [5.74, 6) is -2.08. The molecule has 0 aliphatic heterocycles. The standard InChI is InChI=1S/C17H19F3O4/c1-4-16(3,24-14(21)12(2)17(18,19)20)10-11-23-15(22)13-8-6-5-7-9-13/h5-9H,2,4,10-11H2,1,3H3. The number of halogens is 3. The molecule has 0 saturated carbocycles. The van der Waals surface area contributed by atoms with Crippen LogP contribution in [-0.4, -0.2) is 30.3 Å². The summed E-state index contributed by atoms with van der Waals surface area (Å²) in [6.45, 7) is 5.75. The molecule has 24 heavy (non-hydrogen) atoms.